The van der Waals surface area contributed by atoms with Crippen molar-refractivity contribution in [2.24, 2.45) is 0 Å². The molecule has 1 aromatic rings. The van der Waals surface area contributed by atoms with Crippen LogP contribution in [0, 0.1) is 0 Å². The van der Waals surface area contributed by atoms with Crippen molar-refractivity contribution in [2.75, 3.05) is 0 Å². The molecule has 0 heterocycles. The predicted octanol–water partition coefficient (Wildman–Crippen LogP) is 2.17. The van der Waals surface area contributed by atoms with Gasteiger partial charge in [-0.15, -0.1) is 0 Å². The van der Waals surface area contributed by atoms with E-state index in [0.29, 0.717) is 11.5 Å². The van der Waals surface area contributed by atoms with E-state index in [1.165, 1.54) is 30.4 Å². The van der Waals surface area contributed by atoms with Crippen molar-refractivity contribution in [3.8, 4) is 0 Å². The summed E-state index contributed by atoms with van der Waals surface area (Å²) in [5.41, 5.74) is 4.98. The molecule has 1 fully saturated rings. The molecular weight excluding hydrogens is 190 g/mol. The van der Waals surface area contributed by atoms with E-state index in [1.54, 1.807) is 11.5 Å². The third-order valence-electron chi connectivity index (χ3n) is 3.76. The van der Waals surface area contributed by atoms with Gasteiger partial charge in [-0.25, -0.2) is 5.48 Å². The number of hydrogen-bond acceptors (Lipinski definition) is 2. The summed E-state index contributed by atoms with van der Waals surface area (Å²) in [5.74, 6) is 0.952. The first-order chi connectivity index (χ1) is 7.29. The fourth-order valence-electron chi connectivity index (χ4n) is 3.05. The molecule has 3 heteroatoms. The van der Waals surface area contributed by atoms with Crippen molar-refractivity contribution in [3.63, 3.8) is 0 Å². The number of hydroxylamine groups is 1. The smallest absolute Gasteiger partial charge is 0.274 e. The van der Waals surface area contributed by atoms with Crippen molar-refractivity contribution in [1.29, 1.82) is 0 Å². The molecule has 1 saturated carbocycles. The van der Waals surface area contributed by atoms with E-state index >= 15 is 0 Å². The quantitative estimate of drug-likeness (QED) is 0.543. The fourth-order valence-corrected chi connectivity index (χ4v) is 3.05. The van der Waals surface area contributed by atoms with Crippen LogP contribution in [-0.4, -0.2) is 11.1 Å². The summed E-state index contributed by atoms with van der Waals surface area (Å²) in [6.45, 7) is 0. The van der Waals surface area contributed by atoms with Gasteiger partial charge in [-0.3, -0.25) is 10.0 Å². The number of fused-ring (bicyclic) bond motifs is 5. The van der Waals surface area contributed by atoms with Gasteiger partial charge in [0.25, 0.3) is 5.91 Å². The lowest BCUT2D eigenvalue weighted by molar-refractivity contribution is 0.0706. The summed E-state index contributed by atoms with van der Waals surface area (Å²) in [4.78, 5) is 11.3. The molecule has 2 bridgehead atoms. The Labute approximate surface area is 88.1 Å². The van der Waals surface area contributed by atoms with Gasteiger partial charge < -0.3 is 0 Å². The molecule has 3 nitrogen and oxygen atoms in total. The van der Waals surface area contributed by atoms with Crippen LogP contribution < -0.4 is 5.48 Å². The number of hydrogen-bond donors (Lipinski definition) is 2. The zero-order valence-electron chi connectivity index (χ0n) is 8.36. The SMILES string of the molecule is O=C(NO)c1ccc2c(c1)C1CCC2C1. The van der Waals surface area contributed by atoms with Crippen LogP contribution in [0.2, 0.25) is 0 Å². The van der Waals surface area contributed by atoms with Crippen molar-refractivity contribution in [1.82, 2.24) is 5.48 Å². The summed E-state index contributed by atoms with van der Waals surface area (Å²) in [6.07, 6.45) is 3.80. The van der Waals surface area contributed by atoms with Crippen LogP contribution in [0.4, 0.5) is 0 Å². The largest absolute Gasteiger partial charge is 0.288 e. The van der Waals surface area contributed by atoms with Gasteiger partial charge in [-0.1, -0.05) is 6.07 Å². The zero-order chi connectivity index (χ0) is 10.4. The molecule has 0 aliphatic heterocycles. The van der Waals surface area contributed by atoms with Crippen molar-refractivity contribution in [2.45, 2.75) is 31.1 Å². The summed E-state index contributed by atoms with van der Waals surface area (Å²) in [6, 6.07) is 5.78. The van der Waals surface area contributed by atoms with Crippen LogP contribution >= 0.6 is 0 Å². The molecular formula is C12H13NO2. The maximum absolute atomic E-state index is 11.3. The summed E-state index contributed by atoms with van der Waals surface area (Å²) in [7, 11) is 0. The first-order valence-electron chi connectivity index (χ1n) is 5.38. The molecule has 0 saturated heterocycles. The molecule has 0 aromatic heterocycles. The minimum atomic E-state index is -0.416. The molecule has 0 spiro atoms. The maximum Gasteiger partial charge on any atom is 0.274 e. The summed E-state index contributed by atoms with van der Waals surface area (Å²) >= 11 is 0. The number of carbonyl (C=O) groups is 1. The lowest BCUT2D eigenvalue weighted by Gasteiger charge is -2.15. The molecule has 1 aromatic carbocycles. The lowest BCUT2D eigenvalue weighted by atomic mass is 9.90. The highest BCUT2D eigenvalue weighted by Crippen LogP contribution is 2.52. The number of carbonyl (C=O) groups excluding carboxylic acids is 1. The van der Waals surface area contributed by atoms with Crippen LogP contribution in [0.5, 0.6) is 0 Å². The van der Waals surface area contributed by atoms with Gasteiger partial charge in [0.15, 0.2) is 0 Å². The second-order valence-corrected chi connectivity index (χ2v) is 4.49. The third-order valence-corrected chi connectivity index (χ3v) is 3.76. The average molecular weight is 203 g/mol. The molecule has 2 unspecified atom stereocenters. The Balaban J connectivity index is 2.04. The first kappa shape index (κ1) is 8.92. The van der Waals surface area contributed by atoms with Crippen molar-refractivity contribution in [3.05, 3.63) is 34.9 Å². The fraction of sp³-hybridized carbons (Fsp3) is 0.417. The van der Waals surface area contributed by atoms with E-state index < -0.39 is 5.91 Å². The molecule has 2 aliphatic rings. The summed E-state index contributed by atoms with van der Waals surface area (Å²) < 4.78 is 0. The zero-order valence-corrected chi connectivity index (χ0v) is 8.36. The van der Waals surface area contributed by atoms with Crippen molar-refractivity contribution < 1.29 is 10.0 Å². The topological polar surface area (TPSA) is 49.3 Å². The molecule has 15 heavy (non-hydrogen) atoms. The Morgan fingerprint density at radius 1 is 1.27 bits per heavy atom. The molecule has 0 radical (unpaired) electrons. The average Bonchev–Trinajstić information content (AvgIpc) is 2.88. The molecule has 2 atom stereocenters. The number of amides is 1. The van der Waals surface area contributed by atoms with Crippen LogP contribution in [0.1, 0.15) is 52.6 Å². The van der Waals surface area contributed by atoms with Crippen molar-refractivity contribution >= 4 is 5.91 Å². The van der Waals surface area contributed by atoms with E-state index in [4.69, 9.17) is 5.21 Å². The van der Waals surface area contributed by atoms with Crippen LogP contribution in [-0.2, 0) is 0 Å². The van der Waals surface area contributed by atoms with Crippen LogP contribution in [0.25, 0.3) is 0 Å². The highest BCUT2D eigenvalue weighted by Gasteiger charge is 2.36. The van der Waals surface area contributed by atoms with Gasteiger partial charge >= 0.3 is 0 Å². The Bertz CT molecular complexity index is 428. The highest BCUT2D eigenvalue weighted by molar-refractivity contribution is 5.93. The van der Waals surface area contributed by atoms with E-state index in [2.05, 4.69) is 0 Å². The normalized spacial score (nSPS) is 26.5. The number of rotatable bonds is 1. The standard InChI is InChI=1S/C12H13NO2/c14-12(13-15)9-3-4-10-7-1-2-8(5-7)11(10)6-9/h3-4,6-8,15H,1-2,5H2,(H,13,14). The number of benzene rings is 1. The number of nitrogens with one attached hydrogen (secondary N) is 1. The Morgan fingerprint density at radius 2 is 2.00 bits per heavy atom. The van der Waals surface area contributed by atoms with Gasteiger partial charge in [-0.2, -0.15) is 0 Å². The molecule has 3 rings (SSSR count). The third kappa shape index (κ3) is 1.20. The predicted molar refractivity (Wildman–Crippen MR) is 55.0 cm³/mol. The molecule has 2 N–H and O–H groups in total. The van der Waals surface area contributed by atoms with Gasteiger partial charge in [0.05, 0.1) is 0 Å². The monoisotopic (exact) mass is 203 g/mol. The molecule has 1 amide bonds. The van der Waals surface area contributed by atoms with Gasteiger partial charge in [0.1, 0.15) is 0 Å². The van der Waals surface area contributed by atoms with Gasteiger partial charge in [-0.05, 0) is 54.4 Å². The minimum Gasteiger partial charge on any atom is -0.288 e. The Kier molecular flexibility index (Phi) is 1.83. The van der Waals surface area contributed by atoms with Crippen LogP contribution in [0.15, 0.2) is 18.2 Å². The Hall–Kier alpha value is -1.35. The second-order valence-electron chi connectivity index (χ2n) is 4.49. The van der Waals surface area contributed by atoms with E-state index in [-0.39, 0.29) is 0 Å². The highest BCUT2D eigenvalue weighted by atomic mass is 16.5. The maximum atomic E-state index is 11.3. The van der Waals surface area contributed by atoms with E-state index in [1.807, 2.05) is 12.1 Å². The lowest BCUT2D eigenvalue weighted by Crippen LogP contribution is -2.19. The van der Waals surface area contributed by atoms with Crippen LogP contribution in [0.3, 0.4) is 0 Å². The van der Waals surface area contributed by atoms with Gasteiger partial charge in [0.2, 0.25) is 0 Å². The van der Waals surface area contributed by atoms with E-state index in [0.717, 1.165) is 5.92 Å². The molecule has 78 valence electrons. The van der Waals surface area contributed by atoms with Gasteiger partial charge in [0, 0.05) is 5.56 Å². The Morgan fingerprint density at radius 3 is 2.73 bits per heavy atom. The minimum absolute atomic E-state index is 0.416. The summed E-state index contributed by atoms with van der Waals surface area (Å²) in [5, 5.41) is 8.57. The van der Waals surface area contributed by atoms with E-state index in [9.17, 15) is 4.79 Å². The molecule has 2 aliphatic carbocycles. The first-order valence-corrected chi connectivity index (χ1v) is 5.38. The second kappa shape index (κ2) is 3.07.